The van der Waals surface area contributed by atoms with Crippen molar-refractivity contribution in [2.75, 3.05) is 27.2 Å². The maximum atomic E-state index is 12.0. The molecule has 2 amide bonds. The molecule has 1 fully saturated rings. The SMILES string of the molecule is CCc1ccc(C(CNC(=O)NC[C@@H]2CCC[C@@H]2O)N(C)C)cc1.Cl. The lowest BCUT2D eigenvalue weighted by molar-refractivity contribution is 0.132. The Hall–Kier alpha value is -1.30. The van der Waals surface area contributed by atoms with Gasteiger partial charge in [-0.25, -0.2) is 4.79 Å². The van der Waals surface area contributed by atoms with Crippen LogP contribution in [0.1, 0.15) is 43.4 Å². The molecule has 0 radical (unpaired) electrons. The maximum Gasteiger partial charge on any atom is 0.314 e. The van der Waals surface area contributed by atoms with Crippen molar-refractivity contribution in [1.82, 2.24) is 15.5 Å². The number of halogens is 1. The summed E-state index contributed by atoms with van der Waals surface area (Å²) in [5.41, 5.74) is 2.51. The number of likely N-dealkylation sites (N-methyl/N-ethyl adjacent to an activating group) is 1. The van der Waals surface area contributed by atoms with Gasteiger partial charge in [-0.1, -0.05) is 37.6 Å². The van der Waals surface area contributed by atoms with E-state index in [0.717, 1.165) is 25.7 Å². The lowest BCUT2D eigenvalue weighted by Crippen LogP contribution is -2.42. The second-order valence-electron chi connectivity index (χ2n) is 6.92. The Morgan fingerprint density at radius 3 is 2.44 bits per heavy atom. The van der Waals surface area contributed by atoms with Crippen LogP contribution in [0, 0.1) is 5.92 Å². The van der Waals surface area contributed by atoms with E-state index in [0.29, 0.717) is 13.1 Å². The number of benzene rings is 1. The van der Waals surface area contributed by atoms with Gasteiger partial charge < -0.3 is 20.6 Å². The molecule has 0 aromatic heterocycles. The van der Waals surface area contributed by atoms with E-state index in [1.807, 2.05) is 14.1 Å². The summed E-state index contributed by atoms with van der Waals surface area (Å²) in [4.78, 5) is 14.2. The standard InChI is InChI=1S/C19H31N3O2.ClH/c1-4-14-8-10-15(11-9-14)17(22(2)3)13-21-19(24)20-12-16-6-5-7-18(16)23;/h8-11,16-18,23H,4-7,12-13H2,1-3H3,(H2,20,21,24);1H/t16-,17?,18-;/m0./s1. The summed E-state index contributed by atoms with van der Waals surface area (Å²) in [6.45, 7) is 3.24. The van der Waals surface area contributed by atoms with Crippen LogP contribution >= 0.6 is 12.4 Å². The number of rotatable bonds is 7. The molecule has 1 aliphatic carbocycles. The molecule has 2 rings (SSSR count). The number of urea groups is 1. The quantitative estimate of drug-likeness (QED) is 0.692. The average molecular weight is 370 g/mol. The largest absolute Gasteiger partial charge is 0.393 e. The third-order valence-electron chi connectivity index (χ3n) is 5.00. The molecule has 1 aromatic rings. The molecule has 1 aliphatic rings. The van der Waals surface area contributed by atoms with Gasteiger partial charge in [0.2, 0.25) is 0 Å². The number of hydrogen-bond donors (Lipinski definition) is 3. The lowest BCUT2D eigenvalue weighted by Gasteiger charge is -2.25. The molecule has 142 valence electrons. The normalized spacial score (nSPS) is 20.8. The van der Waals surface area contributed by atoms with E-state index >= 15 is 0 Å². The van der Waals surface area contributed by atoms with Crippen molar-refractivity contribution in [3.05, 3.63) is 35.4 Å². The molecule has 3 atom stereocenters. The summed E-state index contributed by atoms with van der Waals surface area (Å²) in [5, 5.41) is 15.7. The number of aliphatic hydroxyl groups excluding tert-OH is 1. The summed E-state index contributed by atoms with van der Waals surface area (Å²) in [6.07, 6.45) is 3.65. The Kier molecular flexibility index (Phi) is 9.25. The number of carbonyl (C=O) groups is 1. The molecule has 25 heavy (non-hydrogen) atoms. The minimum absolute atomic E-state index is 0. The minimum Gasteiger partial charge on any atom is -0.393 e. The molecule has 0 bridgehead atoms. The van der Waals surface area contributed by atoms with Crippen LogP contribution in [0.2, 0.25) is 0 Å². The van der Waals surface area contributed by atoms with Gasteiger partial charge in [-0.15, -0.1) is 12.4 Å². The number of aryl methyl sites for hydroxylation is 1. The predicted octanol–water partition coefficient (Wildman–Crippen LogP) is 2.73. The highest BCUT2D eigenvalue weighted by Crippen LogP contribution is 2.24. The van der Waals surface area contributed by atoms with E-state index in [-0.39, 0.29) is 36.5 Å². The first-order valence-electron chi connectivity index (χ1n) is 8.96. The molecule has 1 unspecified atom stereocenters. The van der Waals surface area contributed by atoms with Crippen LogP contribution < -0.4 is 10.6 Å². The number of nitrogens with zero attached hydrogens (tertiary/aromatic N) is 1. The minimum atomic E-state index is -0.267. The molecule has 0 spiro atoms. The Morgan fingerprint density at radius 1 is 1.24 bits per heavy atom. The van der Waals surface area contributed by atoms with Crippen LogP contribution in [0.25, 0.3) is 0 Å². The van der Waals surface area contributed by atoms with Crippen molar-refractivity contribution in [3.63, 3.8) is 0 Å². The van der Waals surface area contributed by atoms with Crippen LogP contribution in [0.3, 0.4) is 0 Å². The van der Waals surface area contributed by atoms with E-state index in [1.165, 1.54) is 11.1 Å². The molecule has 0 saturated heterocycles. The van der Waals surface area contributed by atoms with Gasteiger partial charge in [0.25, 0.3) is 0 Å². The predicted molar refractivity (Wildman–Crippen MR) is 104 cm³/mol. The van der Waals surface area contributed by atoms with Gasteiger partial charge in [0.1, 0.15) is 0 Å². The van der Waals surface area contributed by atoms with E-state index in [1.54, 1.807) is 0 Å². The highest BCUT2D eigenvalue weighted by Gasteiger charge is 2.25. The second-order valence-corrected chi connectivity index (χ2v) is 6.92. The highest BCUT2D eigenvalue weighted by atomic mass is 35.5. The zero-order valence-corrected chi connectivity index (χ0v) is 16.3. The topological polar surface area (TPSA) is 64.6 Å². The number of nitrogens with one attached hydrogen (secondary N) is 2. The van der Waals surface area contributed by atoms with Crippen LogP contribution in [0.5, 0.6) is 0 Å². The van der Waals surface area contributed by atoms with E-state index in [4.69, 9.17) is 0 Å². The molecular weight excluding hydrogens is 338 g/mol. The molecule has 0 aliphatic heterocycles. The summed E-state index contributed by atoms with van der Waals surface area (Å²) in [7, 11) is 4.04. The van der Waals surface area contributed by atoms with E-state index < -0.39 is 0 Å². The van der Waals surface area contributed by atoms with Gasteiger partial charge in [-0.05, 0) is 44.5 Å². The summed E-state index contributed by atoms with van der Waals surface area (Å²) in [6, 6.07) is 8.54. The Balaban J connectivity index is 0.00000312. The zero-order chi connectivity index (χ0) is 17.5. The lowest BCUT2D eigenvalue weighted by atomic mass is 10.0. The van der Waals surface area contributed by atoms with Crippen LogP contribution in [0.4, 0.5) is 4.79 Å². The first-order valence-corrected chi connectivity index (χ1v) is 8.96. The van der Waals surface area contributed by atoms with Crippen LogP contribution in [0.15, 0.2) is 24.3 Å². The Bertz CT molecular complexity index is 522. The van der Waals surface area contributed by atoms with Gasteiger partial charge in [-0.3, -0.25) is 0 Å². The first kappa shape index (κ1) is 21.7. The fourth-order valence-electron chi connectivity index (χ4n) is 3.31. The monoisotopic (exact) mass is 369 g/mol. The molecular formula is C19H32ClN3O2. The van der Waals surface area contributed by atoms with Crippen molar-refractivity contribution in [1.29, 1.82) is 0 Å². The maximum absolute atomic E-state index is 12.0. The molecule has 6 heteroatoms. The third-order valence-corrected chi connectivity index (χ3v) is 5.00. The molecule has 1 saturated carbocycles. The van der Waals surface area contributed by atoms with Crippen molar-refractivity contribution in [3.8, 4) is 0 Å². The van der Waals surface area contributed by atoms with Gasteiger partial charge in [0.05, 0.1) is 12.1 Å². The van der Waals surface area contributed by atoms with Crippen molar-refractivity contribution in [2.45, 2.75) is 44.8 Å². The number of aliphatic hydroxyl groups is 1. The second kappa shape index (κ2) is 10.6. The zero-order valence-electron chi connectivity index (χ0n) is 15.5. The van der Waals surface area contributed by atoms with Crippen molar-refractivity contribution in [2.24, 2.45) is 5.92 Å². The van der Waals surface area contributed by atoms with Crippen LogP contribution in [-0.2, 0) is 6.42 Å². The molecule has 1 aromatic carbocycles. The summed E-state index contributed by atoms with van der Waals surface area (Å²) < 4.78 is 0. The molecule has 3 N–H and O–H groups in total. The number of hydrogen-bond acceptors (Lipinski definition) is 3. The van der Waals surface area contributed by atoms with Gasteiger partial charge in [0, 0.05) is 19.0 Å². The fourth-order valence-corrected chi connectivity index (χ4v) is 3.31. The van der Waals surface area contributed by atoms with E-state index in [9.17, 15) is 9.90 Å². The van der Waals surface area contributed by atoms with Crippen LogP contribution in [-0.4, -0.2) is 49.3 Å². The van der Waals surface area contributed by atoms with Gasteiger partial charge >= 0.3 is 6.03 Å². The summed E-state index contributed by atoms with van der Waals surface area (Å²) in [5.74, 6) is 0.196. The Labute approximate surface area is 157 Å². The highest BCUT2D eigenvalue weighted by molar-refractivity contribution is 5.85. The number of carbonyl (C=O) groups excluding carboxylic acids is 1. The van der Waals surface area contributed by atoms with Crippen molar-refractivity contribution < 1.29 is 9.90 Å². The third kappa shape index (κ3) is 6.49. The first-order chi connectivity index (χ1) is 11.5. The molecule has 5 nitrogen and oxygen atoms in total. The number of amides is 2. The van der Waals surface area contributed by atoms with Crippen molar-refractivity contribution >= 4 is 18.4 Å². The Morgan fingerprint density at radius 2 is 1.92 bits per heavy atom. The molecule has 0 heterocycles. The smallest absolute Gasteiger partial charge is 0.314 e. The van der Waals surface area contributed by atoms with Gasteiger partial charge in [-0.2, -0.15) is 0 Å². The van der Waals surface area contributed by atoms with Gasteiger partial charge in [0.15, 0.2) is 0 Å². The average Bonchev–Trinajstić information content (AvgIpc) is 2.98. The fraction of sp³-hybridized carbons (Fsp3) is 0.632. The summed E-state index contributed by atoms with van der Waals surface area (Å²) >= 11 is 0. The van der Waals surface area contributed by atoms with E-state index in [2.05, 4.69) is 46.7 Å².